The minimum atomic E-state index is -0.466. The van der Waals surface area contributed by atoms with Gasteiger partial charge in [-0.25, -0.2) is 0 Å². The third kappa shape index (κ3) is 6.01. The first kappa shape index (κ1) is 19.8. The van der Waals surface area contributed by atoms with Crippen molar-refractivity contribution in [1.29, 1.82) is 0 Å². The number of anilines is 2. The van der Waals surface area contributed by atoms with Crippen molar-refractivity contribution in [2.24, 2.45) is 0 Å². The fraction of sp³-hybridized carbons (Fsp3) is 0. The molecule has 0 atom stereocenters. The van der Waals surface area contributed by atoms with E-state index in [2.05, 4.69) is 5.32 Å². The number of para-hydroxylation sites is 2. The number of ketones is 2. The van der Waals surface area contributed by atoms with Crippen LogP contribution in [-0.4, -0.2) is 11.6 Å². The quantitative estimate of drug-likeness (QED) is 0.332. The molecule has 0 bridgehead atoms. The third-order valence-corrected chi connectivity index (χ3v) is 4.11. The molecule has 142 valence electrons. The summed E-state index contributed by atoms with van der Waals surface area (Å²) in [5.41, 5.74) is 3.09. The van der Waals surface area contributed by atoms with Crippen molar-refractivity contribution in [1.82, 2.24) is 0 Å². The van der Waals surface area contributed by atoms with Crippen LogP contribution >= 0.6 is 0 Å². The molecule has 0 aliphatic carbocycles. The molecule has 0 amide bonds. The van der Waals surface area contributed by atoms with Gasteiger partial charge < -0.3 is 5.32 Å². The zero-order valence-electron chi connectivity index (χ0n) is 15.9. The van der Waals surface area contributed by atoms with E-state index in [1.165, 1.54) is 0 Å². The number of benzene rings is 4. The standard InChI is InChI=1S/C14H10O2.C12H11N/c15-13(11-7-3-1-4-8-11)14(16)12-9-5-2-6-10-12;1-3-7-11(8-4-1)13-12-9-5-2-6-10-12/h1-10H;1-10,13H. The number of carbonyl (C=O) groups excluding carboxylic acids is 2. The largest absolute Gasteiger partial charge is 0.356 e. The van der Waals surface area contributed by atoms with Crippen LogP contribution in [-0.2, 0) is 0 Å². The summed E-state index contributed by atoms with van der Waals surface area (Å²) in [6.07, 6.45) is 0. The summed E-state index contributed by atoms with van der Waals surface area (Å²) in [4.78, 5) is 23.6. The maximum absolute atomic E-state index is 11.8. The number of hydrogen-bond acceptors (Lipinski definition) is 3. The van der Waals surface area contributed by atoms with Crippen LogP contribution in [0.25, 0.3) is 0 Å². The molecule has 29 heavy (non-hydrogen) atoms. The Hall–Kier alpha value is -3.98. The van der Waals surface area contributed by atoms with Crippen LogP contribution in [0.5, 0.6) is 0 Å². The molecular formula is C26H21NO2. The van der Waals surface area contributed by atoms with Gasteiger partial charge in [-0.15, -0.1) is 0 Å². The van der Waals surface area contributed by atoms with Crippen LogP contribution in [0.15, 0.2) is 121 Å². The molecule has 1 N–H and O–H groups in total. The molecule has 0 fully saturated rings. The fourth-order valence-corrected chi connectivity index (χ4v) is 2.65. The van der Waals surface area contributed by atoms with E-state index in [1.807, 2.05) is 72.8 Å². The van der Waals surface area contributed by atoms with Gasteiger partial charge in [-0.05, 0) is 24.3 Å². The molecule has 3 heteroatoms. The molecule has 0 saturated heterocycles. The molecule has 0 aromatic heterocycles. The highest BCUT2D eigenvalue weighted by Gasteiger charge is 2.17. The second kappa shape index (κ2) is 10.4. The maximum Gasteiger partial charge on any atom is 0.233 e. The molecule has 4 rings (SSSR count). The summed E-state index contributed by atoms with van der Waals surface area (Å²) in [5.74, 6) is -0.932. The Kier molecular flexibility index (Phi) is 7.08. The first-order valence-electron chi connectivity index (χ1n) is 9.30. The molecule has 3 nitrogen and oxygen atoms in total. The number of carbonyl (C=O) groups is 2. The number of rotatable bonds is 5. The van der Waals surface area contributed by atoms with Gasteiger partial charge in [-0.3, -0.25) is 9.59 Å². The third-order valence-electron chi connectivity index (χ3n) is 4.11. The molecule has 0 aliphatic rings. The van der Waals surface area contributed by atoms with Gasteiger partial charge >= 0.3 is 0 Å². The van der Waals surface area contributed by atoms with Crippen molar-refractivity contribution in [2.45, 2.75) is 0 Å². The van der Waals surface area contributed by atoms with Crippen molar-refractivity contribution in [3.05, 3.63) is 132 Å². The van der Waals surface area contributed by atoms with Gasteiger partial charge in [0.25, 0.3) is 0 Å². The molecule has 0 radical (unpaired) electrons. The Morgan fingerprint density at radius 2 is 0.690 bits per heavy atom. The van der Waals surface area contributed by atoms with Crippen LogP contribution in [0.3, 0.4) is 0 Å². The van der Waals surface area contributed by atoms with E-state index < -0.39 is 11.6 Å². The highest BCUT2D eigenvalue weighted by atomic mass is 16.2. The summed E-state index contributed by atoms with van der Waals surface area (Å²) >= 11 is 0. The summed E-state index contributed by atoms with van der Waals surface area (Å²) < 4.78 is 0. The lowest BCUT2D eigenvalue weighted by Gasteiger charge is -2.04. The lowest BCUT2D eigenvalue weighted by atomic mass is 10.0. The molecule has 4 aromatic carbocycles. The lowest BCUT2D eigenvalue weighted by Crippen LogP contribution is -2.14. The molecule has 4 aromatic rings. The highest BCUT2D eigenvalue weighted by molar-refractivity contribution is 6.49. The number of Topliss-reactive ketones (excluding diaryl/α,β-unsaturated/α-hetero) is 2. The van der Waals surface area contributed by atoms with Gasteiger partial charge in [0.05, 0.1) is 0 Å². The average Bonchev–Trinajstić information content (AvgIpc) is 2.81. The smallest absolute Gasteiger partial charge is 0.233 e. The van der Waals surface area contributed by atoms with Crippen LogP contribution in [0.4, 0.5) is 11.4 Å². The molecule has 0 unspecified atom stereocenters. The van der Waals surface area contributed by atoms with Crippen molar-refractivity contribution >= 4 is 22.9 Å². The lowest BCUT2D eigenvalue weighted by molar-refractivity contribution is 0.0817. The van der Waals surface area contributed by atoms with Crippen LogP contribution < -0.4 is 5.32 Å². The second-order valence-electron chi connectivity index (χ2n) is 6.25. The number of nitrogens with one attached hydrogen (secondary N) is 1. The Morgan fingerprint density at radius 3 is 1.00 bits per heavy atom. The normalized spacial score (nSPS) is 9.66. The molecule has 0 spiro atoms. The summed E-state index contributed by atoms with van der Waals surface area (Å²) in [5, 5.41) is 3.30. The van der Waals surface area contributed by atoms with Crippen molar-refractivity contribution < 1.29 is 9.59 Å². The second-order valence-corrected chi connectivity index (χ2v) is 6.25. The predicted octanol–water partition coefficient (Wildman–Crippen LogP) is 6.18. The predicted molar refractivity (Wildman–Crippen MR) is 118 cm³/mol. The van der Waals surface area contributed by atoms with E-state index in [4.69, 9.17) is 0 Å². The van der Waals surface area contributed by atoms with Gasteiger partial charge in [0.2, 0.25) is 11.6 Å². The van der Waals surface area contributed by atoms with Crippen LogP contribution in [0.2, 0.25) is 0 Å². The summed E-state index contributed by atoms with van der Waals surface area (Å²) in [6, 6.07) is 37.4. The minimum Gasteiger partial charge on any atom is -0.356 e. The first-order valence-corrected chi connectivity index (χ1v) is 9.30. The number of hydrogen-bond donors (Lipinski definition) is 1. The Bertz CT molecular complexity index is 944. The summed E-state index contributed by atoms with van der Waals surface area (Å²) in [6.45, 7) is 0. The van der Waals surface area contributed by atoms with E-state index in [1.54, 1.807) is 48.5 Å². The van der Waals surface area contributed by atoms with Gasteiger partial charge in [0.1, 0.15) is 0 Å². The topological polar surface area (TPSA) is 46.2 Å². The fourth-order valence-electron chi connectivity index (χ4n) is 2.65. The molecular weight excluding hydrogens is 358 g/mol. The molecule has 0 saturated carbocycles. The Balaban J connectivity index is 0.000000169. The van der Waals surface area contributed by atoms with E-state index in [0.717, 1.165) is 11.4 Å². The highest BCUT2D eigenvalue weighted by Crippen LogP contribution is 2.14. The zero-order chi connectivity index (χ0) is 20.3. The Labute approximate surface area is 170 Å². The monoisotopic (exact) mass is 379 g/mol. The molecule has 0 aliphatic heterocycles. The van der Waals surface area contributed by atoms with Crippen molar-refractivity contribution in [2.75, 3.05) is 5.32 Å². The van der Waals surface area contributed by atoms with Gasteiger partial charge in [0.15, 0.2) is 0 Å². The van der Waals surface area contributed by atoms with E-state index in [-0.39, 0.29) is 0 Å². The van der Waals surface area contributed by atoms with E-state index >= 15 is 0 Å². The van der Waals surface area contributed by atoms with Crippen LogP contribution in [0, 0.1) is 0 Å². The maximum atomic E-state index is 11.8. The van der Waals surface area contributed by atoms with Gasteiger partial charge in [-0.2, -0.15) is 0 Å². The van der Waals surface area contributed by atoms with Gasteiger partial charge in [0, 0.05) is 22.5 Å². The van der Waals surface area contributed by atoms with E-state index in [0.29, 0.717) is 11.1 Å². The van der Waals surface area contributed by atoms with Gasteiger partial charge in [-0.1, -0.05) is 97.1 Å². The first-order chi connectivity index (χ1) is 14.2. The van der Waals surface area contributed by atoms with Crippen molar-refractivity contribution in [3.8, 4) is 0 Å². The zero-order valence-corrected chi connectivity index (χ0v) is 15.9. The average molecular weight is 379 g/mol. The molecule has 0 heterocycles. The van der Waals surface area contributed by atoms with E-state index in [9.17, 15) is 9.59 Å². The minimum absolute atomic E-state index is 0.427. The summed E-state index contributed by atoms with van der Waals surface area (Å²) in [7, 11) is 0. The van der Waals surface area contributed by atoms with Crippen LogP contribution in [0.1, 0.15) is 20.7 Å². The SMILES string of the molecule is O=C(C(=O)c1ccccc1)c1ccccc1.c1ccc(Nc2ccccc2)cc1. The van der Waals surface area contributed by atoms with Crippen molar-refractivity contribution in [3.63, 3.8) is 0 Å². The Morgan fingerprint density at radius 1 is 0.414 bits per heavy atom.